The van der Waals surface area contributed by atoms with E-state index in [-0.39, 0.29) is 38.2 Å². The van der Waals surface area contributed by atoms with Crippen molar-refractivity contribution < 1.29 is 23.5 Å². The second-order valence-corrected chi connectivity index (χ2v) is 7.92. The van der Waals surface area contributed by atoms with Gasteiger partial charge in [-0.05, 0) is 41.3 Å². The van der Waals surface area contributed by atoms with Crippen LogP contribution in [0, 0.1) is 0 Å². The molecule has 0 spiro atoms. The molecule has 0 saturated carbocycles. The number of hydrogen-bond donors (Lipinski definition) is 0. The van der Waals surface area contributed by atoms with Crippen LogP contribution >= 0.6 is 11.3 Å². The van der Waals surface area contributed by atoms with Gasteiger partial charge < -0.3 is 23.7 Å². The third kappa shape index (κ3) is 4.97. The van der Waals surface area contributed by atoms with E-state index in [0.29, 0.717) is 28.7 Å². The molecule has 3 heterocycles. The number of benzene rings is 1. The van der Waals surface area contributed by atoms with Crippen molar-refractivity contribution in [3.63, 3.8) is 0 Å². The summed E-state index contributed by atoms with van der Waals surface area (Å²) in [7, 11) is 0. The van der Waals surface area contributed by atoms with Gasteiger partial charge in [0, 0.05) is 13.1 Å². The summed E-state index contributed by atoms with van der Waals surface area (Å²) in [6.07, 6.45) is 3.19. The maximum absolute atomic E-state index is 13.3. The molecule has 2 aromatic heterocycles. The van der Waals surface area contributed by atoms with Gasteiger partial charge in [0.1, 0.15) is 12.3 Å². The molecule has 0 bridgehead atoms. The first-order valence-corrected chi connectivity index (χ1v) is 10.6. The number of ether oxygens (including phenoxy) is 2. The van der Waals surface area contributed by atoms with E-state index in [0.717, 1.165) is 5.56 Å². The van der Waals surface area contributed by atoms with E-state index in [9.17, 15) is 9.59 Å². The van der Waals surface area contributed by atoms with E-state index in [1.54, 1.807) is 29.4 Å². The lowest BCUT2D eigenvalue weighted by Gasteiger charge is -2.26. The van der Waals surface area contributed by atoms with Gasteiger partial charge >= 0.3 is 0 Å². The van der Waals surface area contributed by atoms with Crippen molar-refractivity contribution >= 4 is 23.2 Å². The summed E-state index contributed by atoms with van der Waals surface area (Å²) >= 11 is 1.35. The Bertz CT molecular complexity index is 1050. The van der Waals surface area contributed by atoms with Crippen molar-refractivity contribution in [1.82, 2.24) is 9.80 Å². The van der Waals surface area contributed by atoms with Crippen molar-refractivity contribution in [3.05, 3.63) is 83.0 Å². The highest BCUT2D eigenvalue weighted by atomic mass is 32.1. The van der Waals surface area contributed by atoms with Crippen LogP contribution in [0.5, 0.6) is 11.5 Å². The maximum Gasteiger partial charge on any atom is 0.264 e. The molecule has 31 heavy (non-hydrogen) atoms. The van der Waals surface area contributed by atoms with Gasteiger partial charge in [-0.3, -0.25) is 9.59 Å². The Morgan fingerprint density at radius 3 is 2.68 bits per heavy atom. The molecular weight excluding hydrogens is 416 g/mol. The average molecular weight is 439 g/mol. The summed E-state index contributed by atoms with van der Waals surface area (Å²) in [5.74, 6) is 1.62. The normalized spacial score (nSPS) is 11.9. The van der Waals surface area contributed by atoms with Crippen molar-refractivity contribution in [3.8, 4) is 11.5 Å². The Labute approximate surface area is 184 Å². The molecule has 1 aliphatic rings. The number of carbonyl (C=O) groups is 2. The largest absolute Gasteiger partial charge is 0.467 e. The number of fused-ring (bicyclic) bond motifs is 1. The van der Waals surface area contributed by atoms with Crippen molar-refractivity contribution in [2.75, 3.05) is 19.9 Å². The van der Waals surface area contributed by atoms with Gasteiger partial charge in [0.25, 0.3) is 5.91 Å². The van der Waals surface area contributed by atoms with Gasteiger partial charge in [0.2, 0.25) is 12.7 Å². The van der Waals surface area contributed by atoms with Gasteiger partial charge in [-0.1, -0.05) is 18.2 Å². The van der Waals surface area contributed by atoms with E-state index in [4.69, 9.17) is 13.9 Å². The number of carbonyl (C=O) groups excluding carboxylic acids is 2. The molecule has 7 nitrogen and oxygen atoms in total. The highest BCUT2D eigenvalue weighted by Crippen LogP contribution is 2.33. The van der Waals surface area contributed by atoms with Crippen molar-refractivity contribution in [2.24, 2.45) is 0 Å². The first-order valence-electron chi connectivity index (χ1n) is 9.76. The Morgan fingerprint density at radius 1 is 1.06 bits per heavy atom. The fourth-order valence-electron chi connectivity index (χ4n) is 3.28. The summed E-state index contributed by atoms with van der Waals surface area (Å²) in [4.78, 5) is 29.8. The highest BCUT2D eigenvalue weighted by Gasteiger charge is 2.24. The number of hydrogen-bond acceptors (Lipinski definition) is 6. The molecule has 0 fully saturated rings. The fraction of sp³-hybridized carbons (Fsp3) is 0.217. The number of amides is 2. The molecule has 1 aromatic carbocycles. The number of rotatable bonds is 9. The van der Waals surface area contributed by atoms with Crippen LogP contribution in [0.15, 0.2) is 71.2 Å². The minimum atomic E-state index is -0.194. The predicted molar refractivity (Wildman–Crippen MR) is 116 cm³/mol. The van der Waals surface area contributed by atoms with Crippen molar-refractivity contribution in [1.29, 1.82) is 0 Å². The van der Waals surface area contributed by atoms with Crippen LogP contribution in [-0.4, -0.2) is 41.5 Å². The van der Waals surface area contributed by atoms with E-state index in [1.165, 1.54) is 16.2 Å². The van der Waals surface area contributed by atoms with Gasteiger partial charge in [-0.2, -0.15) is 0 Å². The molecule has 1 aliphatic heterocycles. The first kappa shape index (κ1) is 20.7. The first-order chi connectivity index (χ1) is 15.1. The van der Waals surface area contributed by atoms with Gasteiger partial charge in [-0.25, -0.2) is 0 Å². The van der Waals surface area contributed by atoms with E-state index in [2.05, 4.69) is 6.58 Å². The van der Waals surface area contributed by atoms with Crippen LogP contribution in [0.2, 0.25) is 0 Å². The summed E-state index contributed by atoms with van der Waals surface area (Å²) in [5.41, 5.74) is 0.893. The number of thiophene rings is 1. The lowest BCUT2D eigenvalue weighted by atomic mass is 10.2. The molecule has 0 atom stereocenters. The van der Waals surface area contributed by atoms with Gasteiger partial charge in [-0.15, -0.1) is 17.9 Å². The summed E-state index contributed by atoms with van der Waals surface area (Å²) in [5, 5.41) is 1.84. The molecule has 0 aliphatic carbocycles. The highest BCUT2D eigenvalue weighted by molar-refractivity contribution is 7.12. The molecule has 0 radical (unpaired) electrons. The SMILES string of the molecule is C=CCN(CC(=O)N(Cc1ccc2c(c1)OCO2)Cc1ccco1)C(=O)c1cccs1. The quantitative estimate of drug-likeness (QED) is 0.474. The standard InChI is InChI=1S/C23H22N2O5S/c1-2-9-24(23(27)21-6-4-11-31-21)15-22(26)25(14-18-5-3-10-28-18)13-17-7-8-19-20(12-17)30-16-29-19/h2-8,10-12H,1,9,13-16H2. The Hall–Kier alpha value is -3.52. The topological polar surface area (TPSA) is 72.2 Å². The zero-order chi connectivity index (χ0) is 21.6. The van der Waals surface area contributed by atoms with E-state index in [1.807, 2.05) is 35.7 Å². The van der Waals surface area contributed by atoms with Crippen LogP contribution in [0.25, 0.3) is 0 Å². The van der Waals surface area contributed by atoms with E-state index < -0.39 is 0 Å². The molecule has 8 heteroatoms. The average Bonchev–Trinajstić information content (AvgIpc) is 3.54. The van der Waals surface area contributed by atoms with Gasteiger partial charge in [0.15, 0.2) is 11.5 Å². The molecule has 0 unspecified atom stereocenters. The van der Waals surface area contributed by atoms with Crippen LogP contribution < -0.4 is 9.47 Å². The zero-order valence-electron chi connectivity index (χ0n) is 16.9. The van der Waals surface area contributed by atoms with Crippen LogP contribution in [0.3, 0.4) is 0 Å². The third-order valence-electron chi connectivity index (χ3n) is 4.78. The minimum absolute atomic E-state index is 0.0615. The number of furan rings is 1. The third-order valence-corrected chi connectivity index (χ3v) is 5.64. The van der Waals surface area contributed by atoms with Crippen molar-refractivity contribution in [2.45, 2.75) is 13.1 Å². The smallest absolute Gasteiger partial charge is 0.264 e. The molecule has 160 valence electrons. The maximum atomic E-state index is 13.3. The Balaban J connectivity index is 1.52. The number of nitrogens with zero attached hydrogens (tertiary/aromatic N) is 2. The lowest BCUT2D eigenvalue weighted by molar-refractivity contribution is -0.133. The molecule has 3 aromatic rings. The van der Waals surface area contributed by atoms with Crippen LogP contribution in [-0.2, 0) is 17.9 Å². The summed E-state index contributed by atoms with van der Waals surface area (Å²) in [6.45, 7) is 4.75. The van der Waals surface area contributed by atoms with Crippen LogP contribution in [0.1, 0.15) is 21.0 Å². The molecular formula is C23H22N2O5S. The molecule has 0 N–H and O–H groups in total. The molecule has 2 amide bonds. The fourth-order valence-corrected chi connectivity index (χ4v) is 3.97. The van der Waals surface area contributed by atoms with Crippen LogP contribution in [0.4, 0.5) is 0 Å². The lowest BCUT2D eigenvalue weighted by Crippen LogP contribution is -2.42. The minimum Gasteiger partial charge on any atom is -0.467 e. The predicted octanol–water partition coefficient (Wildman–Crippen LogP) is 3.93. The van der Waals surface area contributed by atoms with E-state index >= 15 is 0 Å². The monoisotopic (exact) mass is 438 g/mol. The zero-order valence-corrected chi connectivity index (χ0v) is 17.7. The summed E-state index contributed by atoms with van der Waals surface area (Å²) in [6, 6.07) is 12.8. The Kier molecular flexibility index (Phi) is 6.37. The molecule has 4 rings (SSSR count). The summed E-state index contributed by atoms with van der Waals surface area (Å²) < 4.78 is 16.3. The second kappa shape index (κ2) is 9.53. The van der Waals surface area contributed by atoms with Gasteiger partial charge in [0.05, 0.1) is 17.7 Å². The second-order valence-electron chi connectivity index (χ2n) is 6.97. The Morgan fingerprint density at radius 2 is 1.94 bits per heavy atom. The molecule has 0 saturated heterocycles.